The zero-order valence-electron chi connectivity index (χ0n) is 12.5. The predicted octanol–water partition coefficient (Wildman–Crippen LogP) is 2.97. The molecule has 5 heteroatoms. The summed E-state index contributed by atoms with van der Waals surface area (Å²) in [6, 6.07) is 0. The zero-order chi connectivity index (χ0) is 14.4. The second-order valence-electron chi connectivity index (χ2n) is 5.46. The van der Waals surface area contributed by atoms with Gasteiger partial charge in [-0.2, -0.15) is 0 Å². The minimum atomic E-state index is -3.82. The predicted molar refractivity (Wildman–Crippen MR) is 84.6 cm³/mol. The Labute approximate surface area is 119 Å². The summed E-state index contributed by atoms with van der Waals surface area (Å²) in [4.78, 5) is 26.4. The van der Waals surface area contributed by atoms with E-state index in [4.69, 9.17) is 14.7 Å². The average Bonchev–Trinajstić information content (AvgIpc) is 2.34. The van der Waals surface area contributed by atoms with Crippen molar-refractivity contribution >= 4 is 7.94 Å². The summed E-state index contributed by atoms with van der Waals surface area (Å²) in [6.07, 6.45) is 13.3. The van der Waals surface area contributed by atoms with Crippen LogP contribution in [-0.4, -0.2) is 33.9 Å². The normalized spacial score (nSPS) is 12.8. The van der Waals surface area contributed by atoms with Crippen LogP contribution >= 0.6 is 7.94 Å². The van der Waals surface area contributed by atoms with Gasteiger partial charge in [-0.15, -0.1) is 0 Å². The van der Waals surface area contributed by atoms with Gasteiger partial charge in [-0.1, -0.05) is 19.8 Å². The first-order chi connectivity index (χ1) is 9.06. The molecule has 0 aromatic carbocycles. The summed E-state index contributed by atoms with van der Waals surface area (Å²) >= 11 is 0. The van der Waals surface area contributed by atoms with Gasteiger partial charge in [0.1, 0.15) is 0 Å². The summed E-state index contributed by atoms with van der Waals surface area (Å²) in [5.74, 6) is 0. The molecule has 118 valence electrons. The van der Waals surface area contributed by atoms with Crippen LogP contribution in [0.5, 0.6) is 0 Å². The number of unbranched alkanes of at least 4 members (excludes halogenated alkanes) is 9. The van der Waals surface area contributed by atoms with Gasteiger partial charge in [0.25, 0.3) is 0 Å². The molecular formula is C14H34NO3P. The van der Waals surface area contributed by atoms with E-state index in [-0.39, 0.29) is 6.16 Å². The summed E-state index contributed by atoms with van der Waals surface area (Å²) in [7, 11) is -3.82. The molecule has 0 bridgehead atoms. The van der Waals surface area contributed by atoms with Gasteiger partial charge in [0, 0.05) is 0 Å². The molecule has 0 aromatic rings. The summed E-state index contributed by atoms with van der Waals surface area (Å²) < 4.78 is 0. The molecule has 0 radical (unpaired) electrons. The van der Waals surface area contributed by atoms with E-state index in [9.17, 15) is 0 Å². The first kappa shape index (κ1) is 19.3. The molecule has 0 aliphatic carbocycles. The second kappa shape index (κ2) is 13.3. The molecule has 0 saturated heterocycles. The molecule has 0 fully saturated rings. The summed E-state index contributed by atoms with van der Waals surface area (Å²) in [5.41, 5.74) is 0. The van der Waals surface area contributed by atoms with E-state index in [2.05, 4.69) is 12.2 Å². The van der Waals surface area contributed by atoms with Crippen LogP contribution in [0.3, 0.4) is 0 Å². The van der Waals surface area contributed by atoms with Crippen LogP contribution in [0, 0.1) is 0 Å². The molecule has 0 aliphatic heterocycles. The van der Waals surface area contributed by atoms with Crippen LogP contribution in [-0.2, 0) is 0 Å². The maximum atomic E-state index is 8.80. The Morgan fingerprint density at radius 3 is 1.63 bits per heavy atom. The third kappa shape index (κ3) is 18.3. The minimum absolute atomic E-state index is 0.0881. The number of hydrogen-bond acceptors (Lipinski definition) is 4. The summed E-state index contributed by atoms with van der Waals surface area (Å²) in [6.45, 7) is 3.64. The monoisotopic (exact) mass is 295 g/mol. The molecule has 4 N–H and O–H groups in total. The third-order valence-electron chi connectivity index (χ3n) is 3.34. The van der Waals surface area contributed by atoms with Crippen LogP contribution in [0.4, 0.5) is 0 Å². The van der Waals surface area contributed by atoms with E-state index < -0.39 is 7.94 Å². The van der Waals surface area contributed by atoms with Crippen molar-refractivity contribution in [1.29, 1.82) is 0 Å². The molecule has 0 atom stereocenters. The third-order valence-corrected chi connectivity index (χ3v) is 4.27. The van der Waals surface area contributed by atoms with E-state index in [1.807, 2.05) is 0 Å². The fraction of sp³-hybridized carbons (Fsp3) is 1.00. The van der Waals surface area contributed by atoms with E-state index >= 15 is 0 Å². The molecule has 0 unspecified atom stereocenters. The summed E-state index contributed by atoms with van der Waals surface area (Å²) in [5, 5.41) is 3.12. The Bertz CT molecular complexity index is 186. The second-order valence-corrected chi connectivity index (χ2v) is 7.51. The standard InChI is InChI=1S/C14H34NO3P/c1-2-3-4-5-6-7-8-9-10-11-12-15-13-14-19(16,17)18/h15-19H,2-14H2,1H3. The van der Waals surface area contributed by atoms with Crippen molar-refractivity contribution in [2.75, 3.05) is 19.3 Å². The van der Waals surface area contributed by atoms with Crippen LogP contribution in [0.1, 0.15) is 71.1 Å². The number of nitrogens with one attached hydrogen (secondary N) is 1. The first-order valence-electron chi connectivity index (χ1n) is 7.94. The van der Waals surface area contributed by atoms with Crippen LogP contribution < -0.4 is 5.32 Å². The van der Waals surface area contributed by atoms with Gasteiger partial charge in [0.05, 0.1) is 0 Å². The van der Waals surface area contributed by atoms with E-state index in [0.29, 0.717) is 6.54 Å². The van der Waals surface area contributed by atoms with Gasteiger partial charge < -0.3 is 0 Å². The Morgan fingerprint density at radius 1 is 0.684 bits per heavy atom. The number of hydrogen-bond donors (Lipinski definition) is 4. The Hall–Kier alpha value is 0.270. The van der Waals surface area contributed by atoms with Crippen molar-refractivity contribution in [3.05, 3.63) is 0 Å². The van der Waals surface area contributed by atoms with Crippen molar-refractivity contribution in [1.82, 2.24) is 5.32 Å². The SMILES string of the molecule is CCCCCCCCCCCCNCC[PH](O)(O)O. The van der Waals surface area contributed by atoms with Crippen molar-refractivity contribution < 1.29 is 14.7 Å². The quantitative estimate of drug-likeness (QED) is 0.294. The molecule has 0 saturated carbocycles. The molecule has 19 heavy (non-hydrogen) atoms. The van der Waals surface area contributed by atoms with Gasteiger partial charge >= 0.3 is 98.6 Å². The van der Waals surface area contributed by atoms with Crippen LogP contribution in [0.25, 0.3) is 0 Å². The Morgan fingerprint density at radius 2 is 1.16 bits per heavy atom. The first-order valence-corrected chi connectivity index (χ1v) is 9.99. The molecule has 0 aromatic heterocycles. The molecular weight excluding hydrogens is 261 g/mol. The van der Waals surface area contributed by atoms with Gasteiger partial charge in [0.2, 0.25) is 0 Å². The molecule has 0 amide bonds. The van der Waals surface area contributed by atoms with Gasteiger partial charge in [-0.05, 0) is 0 Å². The van der Waals surface area contributed by atoms with Crippen molar-refractivity contribution in [2.45, 2.75) is 71.1 Å². The van der Waals surface area contributed by atoms with E-state index in [0.717, 1.165) is 13.0 Å². The Kier molecular flexibility index (Phi) is 13.5. The fourth-order valence-corrected chi connectivity index (χ4v) is 2.63. The van der Waals surface area contributed by atoms with Gasteiger partial charge in [-0.3, -0.25) is 0 Å². The number of rotatable bonds is 14. The van der Waals surface area contributed by atoms with E-state index in [1.54, 1.807) is 0 Å². The molecule has 0 aliphatic rings. The van der Waals surface area contributed by atoms with Crippen LogP contribution in [0.2, 0.25) is 0 Å². The maximum absolute atomic E-state index is 8.80. The average molecular weight is 295 g/mol. The fourth-order valence-electron chi connectivity index (χ4n) is 2.12. The van der Waals surface area contributed by atoms with E-state index in [1.165, 1.54) is 57.8 Å². The van der Waals surface area contributed by atoms with Gasteiger partial charge in [0.15, 0.2) is 0 Å². The van der Waals surface area contributed by atoms with Crippen molar-refractivity contribution in [3.63, 3.8) is 0 Å². The van der Waals surface area contributed by atoms with Crippen LogP contribution in [0.15, 0.2) is 0 Å². The molecule has 0 heterocycles. The molecule has 0 spiro atoms. The van der Waals surface area contributed by atoms with Crippen molar-refractivity contribution in [3.8, 4) is 0 Å². The van der Waals surface area contributed by atoms with Crippen molar-refractivity contribution in [2.24, 2.45) is 0 Å². The topological polar surface area (TPSA) is 72.7 Å². The molecule has 0 rings (SSSR count). The van der Waals surface area contributed by atoms with Gasteiger partial charge in [-0.25, -0.2) is 0 Å². The Balaban J connectivity index is 2.99. The zero-order valence-corrected chi connectivity index (χ0v) is 13.5. The molecule has 4 nitrogen and oxygen atoms in total.